The zero-order chi connectivity index (χ0) is 11.5. The lowest BCUT2D eigenvalue weighted by molar-refractivity contribution is 0.571. The Hall–Kier alpha value is -0.420. The molecule has 0 aliphatic carbocycles. The molecule has 82 valence electrons. The van der Waals surface area contributed by atoms with Crippen molar-refractivity contribution in [1.82, 2.24) is 4.72 Å². The standard InChI is InChI=1S/C8H9BrN2O2S2/c1-2-6(5-10)11-15(12,13)8-7(9)3-4-14-8/h3-4,6,11H,2H2,1H3. The Bertz CT molecular complexity index is 475. The van der Waals surface area contributed by atoms with Crippen molar-refractivity contribution in [3.63, 3.8) is 0 Å². The van der Waals surface area contributed by atoms with Crippen LogP contribution in [0.3, 0.4) is 0 Å². The molecule has 1 unspecified atom stereocenters. The third kappa shape index (κ3) is 3.01. The second-order valence-electron chi connectivity index (χ2n) is 2.77. The number of rotatable bonds is 4. The molecular formula is C8H9BrN2O2S2. The van der Waals surface area contributed by atoms with Crippen LogP contribution >= 0.6 is 27.3 Å². The van der Waals surface area contributed by atoms with Crippen molar-refractivity contribution in [2.24, 2.45) is 0 Å². The van der Waals surface area contributed by atoms with Gasteiger partial charge in [-0.15, -0.1) is 11.3 Å². The van der Waals surface area contributed by atoms with Crippen LogP contribution in [0.15, 0.2) is 20.1 Å². The molecule has 1 aromatic rings. The van der Waals surface area contributed by atoms with Crippen molar-refractivity contribution in [2.75, 3.05) is 0 Å². The monoisotopic (exact) mass is 308 g/mol. The van der Waals surface area contributed by atoms with E-state index in [1.165, 1.54) is 0 Å². The topological polar surface area (TPSA) is 70.0 Å². The van der Waals surface area contributed by atoms with Crippen molar-refractivity contribution >= 4 is 37.3 Å². The molecule has 1 N–H and O–H groups in total. The normalized spacial score (nSPS) is 13.4. The van der Waals surface area contributed by atoms with Gasteiger partial charge in [0.15, 0.2) is 0 Å². The van der Waals surface area contributed by atoms with E-state index in [4.69, 9.17) is 5.26 Å². The lowest BCUT2D eigenvalue weighted by Crippen LogP contribution is -2.32. The maximum Gasteiger partial charge on any atom is 0.252 e. The molecule has 4 nitrogen and oxygen atoms in total. The largest absolute Gasteiger partial charge is 0.252 e. The number of thiophene rings is 1. The van der Waals surface area contributed by atoms with Gasteiger partial charge in [0.2, 0.25) is 0 Å². The Morgan fingerprint density at radius 2 is 2.40 bits per heavy atom. The van der Waals surface area contributed by atoms with Gasteiger partial charge >= 0.3 is 0 Å². The predicted molar refractivity (Wildman–Crippen MR) is 62.0 cm³/mol. The Balaban J connectivity index is 2.96. The molecular weight excluding hydrogens is 300 g/mol. The Morgan fingerprint density at radius 3 is 2.80 bits per heavy atom. The van der Waals surface area contributed by atoms with Crippen molar-refractivity contribution in [2.45, 2.75) is 23.6 Å². The van der Waals surface area contributed by atoms with Crippen LogP contribution < -0.4 is 4.72 Å². The third-order valence-electron chi connectivity index (χ3n) is 1.69. The summed E-state index contributed by atoms with van der Waals surface area (Å²) in [5, 5.41) is 10.3. The Morgan fingerprint density at radius 1 is 1.73 bits per heavy atom. The minimum absolute atomic E-state index is 0.205. The summed E-state index contributed by atoms with van der Waals surface area (Å²) in [6, 6.07) is 2.87. The fourth-order valence-electron chi connectivity index (χ4n) is 0.913. The van der Waals surface area contributed by atoms with Crippen LogP contribution in [0.1, 0.15) is 13.3 Å². The quantitative estimate of drug-likeness (QED) is 0.926. The highest BCUT2D eigenvalue weighted by atomic mass is 79.9. The molecule has 1 heterocycles. The molecule has 0 saturated carbocycles. The van der Waals surface area contributed by atoms with E-state index in [9.17, 15) is 8.42 Å². The number of nitrogens with zero attached hydrogens (tertiary/aromatic N) is 1. The summed E-state index contributed by atoms with van der Waals surface area (Å²) in [6.45, 7) is 1.75. The SMILES string of the molecule is CCC(C#N)NS(=O)(=O)c1sccc1Br. The molecule has 0 saturated heterocycles. The van der Waals surface area contributed by atoms with Crippen molar-refractivity contribution in [3.8, 4) is 6.07 Å². The summed E-state index contributed by atoms with van der Waals surface area (Å²) < 4.78 is 26.6. The molecule has 1 atom stereocenters. The minimum Gasteiger partial charge on any atom is -0.206 e. The Kier molecular flexibility index (Phi) is 4.28. The van der Waals surface area contributed by atoms with Gasteiger partial charge in [-0.05, 0) is 33.8 Å². The van der Waals surface area contributed by atoms with Gasteiger partial charge in [-0.25, -0.2) is 8.42 Å². The molecule has 15 heavy (non-hydrogen) atoms. The van der Waals surface area contributed by atoms with E-state index in [-0.39, 0.29) is 4.21 Å². The fraction of sp³-hybridized carbons (Fsp3) is 0.375. The zero-order valence-corrected chi connectivity index (χ0v) is 11.1. The zero-order valence-electron chi connectivity index (χ0n) is 7.90. The van der Waals surface area contributed by atoms with Crippen LogP contribution in [-0.2, 0) is 10.0 Å². The van der Waals surface area contributed by atoms with E-state index in [0.29, 0.717) is 10.9 Å². The second kappa shape index (κ2) is 5.07. The van der Waals surface area contributed by atoms with Gasteiger partial charge in [-0.2, -0.15) is 9.98 Å². The molecule has 0 fully saturated rings. The van der Waals surface area contributed by atoms with Gasteiger partial charge in [0, 0.05) is 4.47 Å². The van der Waals surface area contributed by atoms with E-state index in [1.807, 2.05) is 6.07 Å². The van der Waals surface area contributed by atoms with E-state index in [1.54, 1.807) is 18.4 Å². The number of sulfonamides is 1. The van der Waals surface area contributed by atoms with Gasteiger partial charge in [-0.3, -0.25) is 0 Å². The van der Waals surface area contributed by atoms with E-state index in [2.05, 4.69) is 20.7 Å². The average Bonchev–Trinajstić information content (AvgIpc) is 2.61. The molecule has 0 radical (unpaired) electrons. The van der Waals surface area contributed by atoms with Crippen molar-refractivity contribution in [1.29, 1.82) is 5.26 Å². The summed E-state index contributed by atoms with van der Waals surface area (Å²) in [6.07, 6.45) is 0.443. The van der Waals surface area contributed by atoms with Crippen LogP contribution in [0.4, 0.5) is 0 Å². The summed E-state index contributed by atoms with van der Waals surface area (Å²) in [4.78, 5) is 0. The predicted octanol–water partition coefficient (Wildman–Crippen LogP) is 2.09. The first-order chi connectivity index (χ1) is 7.01. The van der Waals surface area contributed by atoms with Gasteiger partial charge in [-0.1, -0.05) is 6.92 Å². The van der Waals surface area contributed by atoms with Gasteiger partial charge in [0.05, 0.1) is 6.07 Å². The molecule has 0 amide bonds. The van der Waals surface area contributed by atoms with Crippen LogP contribution in [0.25, 0.3) is 0 Å². The number of hydrogen-bond donors (Lipinski definition) is 1. The minimum atomic E-state index is -3.57. The molecule has 0 aliphatic rings. The van der Waals surface area contributed by atoms with Crippen LogP contribution in [0.2, 0.25) is 0 Å². The maximum atomic E-state index is 11.8. The number of halogens is 1. The first-order valence-electron chi connectivity index (χ1n) is 4.16. The number of nitrogens with one attached hydrogen (secondary N) is 1. The smallest absolute Gasteiger partial charge is 0.206 e. The first-order valence-corrected chi connectivity index (χ1v) is 7.31. The van der Waals surface area contributed by atoms with Gasteiger partial charge in [0.1, 0.15) is 10.3 Å². The number of nitriles is 1. The van der Waals surface area contributed by atoms with Crippen LogP contribution in [0, 0.1) is 11.3 Å². The molecule has 0 bridgehead atoms. The molecule has 0 aliphatic heterocycles. The van der Waals surface area contributed by atoms with Crippen LogP contribution in [-0.4, -0.2) is 14.5 Å². The maximum absolute atomic E-state index is 11.8. The highest BCUT2D eigenvalue weighted by Crippen LogP contribution is 2.27. The van der Waals surface area contributed by atoms with E-state index < -0.39 is 16.1 Å². The van der Waals surface area contributed by atoms with Crippen molar-refractivity contribution in [3.05, 3.63) is 15.9 Å². The summed E-state index contributed by atoms with van der Waals surface area (Å²) in [7, 11) is -3.57. The van der Waals surface area contributed by atoms with Gasteiger partial charge < -0.3 is 0 Å². The highest BCUT2D eigenvalue weighted by molar-refractivity contribution is 9.10. The third-order valence-corrected chi connectivity index (χ3v) is 5.83. The van der Waals surface area contributed by atoms with E-state index >= 15 is 0 Å². The lowest BCUT2D eigenvalue weighted by atomic mass is 10.3. The summed E-state index contributed by atoms with van der Waals surface area (Å²) in [5.41, 5.74) is 0. The Labute approximate surface area is 101 Å². The molecule has 1 rings (SSSR count). The fourth-order valence-corrected chi connectivity index (χ4v) is 4.49. The van der Waals surface area contributed by atoms with Crippen molar-refractivity contribution < 1.29 is 8.42 Å². The number of hydrogen-bond acceptors (Lipinski definition) is 4. The molecule has 7 heteroatoms. The molecule has 1 aromatic heterocycles. The summed E-state index contributed by atoms with van der Waals surface area (Å²) >= 11 is 4.26. The average molecular weight is 309 g/mol. The highest BCUT2D eigenvalue weighted by Gasteiger charge is 2.22. The second-order valence-corrected chi connectivity index (χ2v) is 6.45. The lowest BCUT2D eigenvalue weighted by Gasteiger charge is -2.08. The van der Waals surface area contributed by atoms with Gasteiger partial charge in [0.25, 0.3) is 10.0 Å². The molecule has 0 aromatic carbocycles. The van der Waals surface area contributed by atoms with Crippen LogP contribution in [0.5, 0.6) is 0 Å². The summed E-state index contributed by atoms with van der Waals surface area (Å²) in [5.74, 6) is 0. The first kappa shape index (κ1) is 12.6. The molecule has 0 spiro atoms. The van der Waals surface area contributed by atoms with E-state index in [0.717, 1.165) is 11.3 Å².